The highest BCUT2D eigenvalue weighted by molar-refractivity contribution is 7.99. The summed E-state index contributed by atoms with van der Waals surface area (Å²) in [7, 11) is 0. The van der Waals surface area contributed by atoms with Crippen molar-refractivity contribution in [1.82, 2.24) is 0 Å². The van der Waals surface area contributed by atoms with Crippen LogP contribution in [0.5, 0.6) is 0 Å². The van der Waals surface area contributed by atoms with E-state index in [9.17, 15) is 0 Å². The van der Waals surface area contributed by atoms with Gasteiger partial charge in [0.1, 0.15) is 23.5 Å². The van der Waals surface area contributed by atoms with Gasteiger partial charge in [-0.15, -0.1) is 0 Å². The Hall–Kier alpha value is -2.43. The van der Waals surface area contributed by atoms with Crippen LogP contribution >= 0.6 is 11.8 Å². The van der Waals surface area contributed by atoms with Crippen LogP contribution in [0.15, 0.2) is 62.4 Å². The maximum absolute atomic E-state index is 8.82. The molecular weight excluding hydrogens is 256 g/mol. The van der Waals surface area contributed by atoms with Crippen LogP contribution in [0.3, 0.4) is 0 Å². The standard InChI is InChI=1S/C15H10N2OS/c1-11(12(9-16)10-17)14-7-8-15(18-14)19-13-5-3-2-4-6-13/h2-8H,1H3. The van der Waals surface area contributed by atoms with Crippen LogP contribution < -0.4 is 0 Å². The van der Waals surface area contributed by atoms with Crippen LogP contribution in [0.25, 0.3) is 5.57 Å². The van der Waals surface area contributed by atoms with Crippen molar-refractivity contribution in [2.75, 3.05) is 0 Å². The average Bonchev–Trinajstić information content (AvgIpc) is 2.89. The number of hydrogen-bond donors (Lipinski definition) is 0. The quantitative estimate of drug-likeness (QED) is 0.779. The molecule has 19 heavy (non-hydrogen) atoms. The Labute approximate surface area is 115 Å². The highest BCUT2D eigenvalue weighted by atomic mass is 32.2. The molecule has 4 heteroatoms. The zero-order chi connectivity index (χ0) is 13.7. The molecule has 1 heterocycles. The molecule has 0 spiro atoms. The lowest BCUT2D eigenvalue weighted by atomic mass is 10.1. The first-order chi connectivity index (χ1) is 9.24. The monoisotopic (exact) mass is 266 g/mol. The maximum Gasteiger partial charge on any atom is 0.165 e. The van der Waals surface area contributed by atoms with Gasteiger partial charge in [-0.3, -0.25) is 0 Å². The summed E-state index contributed by atoms with van der Waals surface area (Å²) in [6.45, 7) is 1.71. The van der Waals surface area contributed by atoms with Gasteiger partial charge < -0.3 is 4.42 Å². The molecular formula is C15H10N2OS. The van der Waals surface area contributed by atoms with E-state index in [4.69, 9.17) is 14.9 Å². The molecule has 0 aliphatic heterocycles. The first-order valence-electron chi connectivity index (χ1n) is 5.59. The zero-order valence-electron chi connectivity index (χ0n) is 10.3. The summed E-state index contributed by atoms with van der Waals surface area (Å²) in [6.07, 6.45) is 0. The fourth-order valence-corrected chi connectivity index (χ4v) is 2.29. The first-order valence-corrected chi connectivity index (χ1v) is 6.40. The predicted octanol–water partition coefficient (Wildman–Crippen LogP) is 4.25. The van der Waals surface area contributed by atoms with E-state index >= 15 is 0 Å². The summed E-state index contributed by atoms with van der Waals surface area (Å²) in [5.41, 5.74) is 0.635. The second-order valence-corrected chi connectivity index (χ2v) is 4.84. The van der Waals surface area contributed by atoms with Gasteiger partial charge in [-0.1, -0.05) is 30.0 Å². The highest BCUT2D eigenvalue weighted by Crippen LogP contribution is 2.31. The molecule has 92 valence electrons. The van der Waals surface area contributed by atoms with Crippen molar-refractivity contribution in [3.63, 3.8) is 0 Å². The number of hydrogen-bond acceptors (Lipinski definition) is 4. The van der Waals surface area contributed by atoms with E-state index in [1.54, 1.807) is 13.0 Å². The number of nitrogens with zero attached hydrogens (tertiary/aromatic N) is 2. The summed E-state index contributed by atoms with van der Waals surface area (Å²) in [4.78, 5) is 1.07. The van der Waals surface area contributed by atoms with Crippen molar-refractivity contribution >= 4 is 17.3 Å². The predicted molar refractivity (Wildman–Crippen MR) is 73.1 cm³/mol. The van der Waals surface area contributed by atoms with Crippen LogP contribution in [0.4, 0.5) is 0 Å². The maximum atomic E-state index is 8.82. The number of nitriles is 2. The van der Waals surface area contributed by atoms with Crippen molar-refractivity contribution in [1.29, 1.82) is 10.5 Å². The molecule has 0 fully saturated rings. The van der Waals surface area contributed by atoms with Gasteiger partial charge in [0.25, 0.3) is 0 Å². The molecule has 0 saturated heterocycles. The van der Waals surface area contributed by atoms with Crippen LogP contribution in [-0.4, -0.2) is 0 Å². The van der Waals surface area contributed by atoms with Crippen LogP contribution in [0.1, 0.15) is 12.7 Å². The molecule has 0 aliphatic rings. The van der Waals surface area contributed by atoms with E-state index in [1.807, 2.05) is 48.5 Å². The Morgan fingerprint density at radius 3 is 2.37 bits per heavy atom. The van der Waals surface area contributed by atoms with E-state index < -0.39 is 0 Å². The van der Waals surface area contributed by atoms with Gasteiger partial charge in [-0.25, -0.2) is 0 Å². The van der Waals surface area contributed by atoms with Crippen molar-refractivity contribution in [2.45, 2.75) is 16.9 Å². The van der Waals surface area contributed by atoms with E-state index in [2.05, 4.69) is 0 Å². The molecule has 0 atom stereocenters. The molecule has 0 bridgehead atoms. The van der Waals surface area contributed by atoms with Gasteiger partial charge in [0.05, 0.1) is 0 Å². The Morgan fingerprint density at radius 1 is 1.05 bits per heavy atom. The second-order valence-electron chi connectivity index (χ2n) is 3.76. The Balaban J connectivity index is 2.24. The number of furan rings is 1. The van der Waals surface area contributed by atoms with Gasteiger partial charge in [0, 0.05) is 10.5 Å². The molecule has 1 aromatic carbocycles. The third-order valence-corrected chi connectivity index (χ3v) is 3.44. The normalized spacial score (nSPS) is 9.42. The molecule has 0 radical (unpaired) electrons. The van der Waals surface area contributed by atoms with Gasteiger partial charge in [-0.05, 0) is 31.2 Å². The lowest BCUT2D eigenvalue weighted by Crippen LogP contribution is -1.81. The summed E-state index contributed by atoms with van der Waals surface area (Å²) in [6, 6.07) is 17.2. The molecule has 0 amide bonds. The van der Waals surface area contributed by atoms with Crippen molar-refractivity contribution < 1.29 is 4.42 Å². The van der Waals surface area contributed by atoms with Crippen LogP contribution in [-0.2, 0) is 0 Å². The Morgan fingerprint density at radius 2 is 1.74 bits per heavy atom. The summed E-state index contributed by atoms with van der Waals surface area (Å²) < 4.78 is 5.64. The molecule has 0 saturated carbocycles. The smallest absolute Gasteiger partial charge is 0.165 e. The summed E-state index contributed by atoms with van der Waals surface area (Å²) in [5.74, 6) is 0.552. The van der Waals surface area contributed by atoms with E-state index in [1.165, 1.54) is 11.8 Å². The fraction of sp³-hybridized carbons (Fsp3) is 0.0667. The number of allylic oxidation sites excluding steroid dienone is 2. The Kier molecular flexibility index (Phi) is 4.07. The molecule has 2 aromatic rings. The SMILES string of the molecule is CC(=C(C#N)C#N)c1ccc(Sc2ccccc2)o1. The fourth-order valence-electron chi connectivity index (χ4n) is 1.50. The van der Waals surface area contributed by atoms with E-state index in [0.717, 1.165) is 9.99 Å². The lowest BCUT2D eigenvalue weighted by Gasteiger charge is -1.98. The summed E-state index contributed by atoms with van der Waals surface area (Å²) in [5, 5.41) is 18.4. The minimum Gasteiger partial charge on any atom is -0.450 e. The van der Waals surface area contributed by atoms with Gasteiger partial charge in [0.2, 0.25) is 0 Å². The number of rotatable bonds is 3. The largest absolute Gasteiger partial charge is 0.450 e. The lowest BCUT2D eigenvalue weighted by molar-refractivity contribution is 0.463. The second kappa shape index (κ2) is 5.95. The third-order valence-electron chi connectivity index (χ3n) is 2.51. The highest BCUT2D eigenvalue weighted by Gasteiger charge is 2.09. The topological polar surface area (TPSA) is 60.7 Å². The molecule has 3 nitrogen and oxygen atoms in total. The van der Waals surface area contributed by atoms with Crippen LogP contribution in [0, 0.1) is 22.7 Å². The molecule has 0 unspecified atom stereocenters. The Bertz CT molecular complexity index is 671. The van der Waals surface area contributed by atoms with Crippen molar-refractivity contribution in [3.05, 3.63) is 53.8 Å². The van der Waals surface area contributed by atoms with Gasteiger partial charge in [0.15, 0.2) is 5.09 Å². The molecule has 0 aliphatic carbocycles. The minimum absolute atomic E-state index is 0.0746. The molecule has 2 rings (SSSR count). The van der Waals surface area contributed by atoms with Crippen molar-refractivity contribution in [3.8, 4) is 12.1 Å². The number of benzene rings is 1. The first kappa shape index (κ1) is 13.0. The van der Waals surface area contributed by atoms with Gasteiger partial charge >= 0.3 is 0 Å². The van der Waals surface area contributed by atoms with Crippen molar-refractivity contribution in [2.24, 2.45) is 0 Å². The molecule has 1 aromatic heterocycles. The van der Waals surface area contributed by atoms with Crippen LogP contribution in [0.2, 0.25) is 0 Å². The third kappa shape index (κ3) is 3.07. The zero-order valence-corrected chi connectivity index (χ0v) is 11.1. The van der Waals surface area contributed by atoms with E-state index in [0.29, 0.717) is 11.3 Å². The van der Waals surface area contributed by atoms with Gasteiger partial charge in [-0.2, -0.15) is 10.5 Å². The average molecular weight is 266 g/mol. The summed E-state index contributed by atoms with van der Waals surface area (Å²) >= 11 is 1.50. The minimum atomic E-state index is 0.0746. The molecule has 0 N–H and O–H groups in total. The van der Waals surface area contributed by atoms with E-state index in [-0.39, 0.29) is 5.57 Å².